The van der Waals surface area contributed by atoms with Gasteiger partial charge in [-0.25, -0.2) is 0 Å². The van der Waals surface area contributed by atoms with Crippen LogP contribution in [0.4, 0.5) is 0 Å². The highest BCUT2D eigenvalue weighted by Gasteiger charge is 2.21. The van der Waals surface area contributed by atoms with Gasteiger partial charge in [-0.3, -0.25) is 11.3 Å². The number of hydrazine groups is 1. The largest absolute Gasteiger partial charge is 0.372 e. The summed E-state index contributed by atoms with van der Waals surface area (Å²) in [7, 11) is 0. The van der Waals surface area contributed by atoms with E-state index in [9.17, 15) is 0 Å². The summed E-state index contributed by atoms with van der Waals surface area (Å²) in [4.78, 5) is 0. The van der Waals surface area contributed by atoms with Gasteiger partial charge in [0, 0.05) is 6.61 Å². The van der Waals surface area contributed by atoms with Gasteiger partial charge in [-0.05, 0) is 18.9 Å². The molecule has 2 unspecified atom stereocenters. The molecule has 0 saturated carbocycles. The first-order chi connectivity index (χ1) is 7.83. The van der Waals surface area contributed by atoms with Crippen LogP contribution in [-0.4, -0.2) is 12.6 Å². The van der Waals surface area contributed by atoms with E-state index < -0.39 is 0 Å². The fourth-order valence-corrected chi connectivity index (χ4v) is 1.73. The average molecular weight is 220 g/mol. The first kappa shape index (κ1) is 12.9. The van der Waals surface area contributed by atoms with E-state index >= 15 is 0 Å². The molecule has 0 aliphatic heterocycles. The van der Waals surface area contributed by atoms with Crippen LogP contribution in [0.1, 0.15) is 25.0 Å². The Labute approximate surface area is 97.3 Å². The first-order valence-electron chi connectivity index (χ1n) is 5.57. The highest BCUT2D eigenvalue weighted by Crippen LogP contribution is 2.22. The third-order valence-corrected chi connectivity index (χ3v) is 2.47. The van der Waals surface area contributed by atoms with Gasteiger partial charge in [0.2, 0.25) is 0 Å². The molecule has 0 aromatic heterocycles. The number of hydrogen-bond acceptors (Lipinski definition) is 3. The van der Waals surface area contributed by atoms with Crippen LogP contribution in [0.2, 0.25) is 0 Å². The van der Waals surface area contributed by atoms with Crippen molar-refractivity contribution in [3.05, 3.63) is 48.6 Å². The van der Waals surface area contributed by atoms with Gasteiger partial charge in [0.1, 0.15) is 0 Å². The molecule has 1 rings (SSSR count). The van der Waals surface area contributed by atoms with Crippen molar-refractivity contribution in [1.82, 2.24) is 5.43 Å². The van der Waals surface area contributed by atoms with Crippen LogP contribution >= 0.6 is 0 Å². The van der Waals surface area contributed by atoms with Crippen molar-refractivity contribution in [3.63, 3.8) is 0 Å². The monoisotopic (exact) mass is 220 g/mol. The zero-order valence-electron chi connectivity index (χ0n) is 9.73. The van der Waals surface area contributed by atoms with Crippen molar-refractivity contribution in [2.75, 3.05) is 6.61 Å². The SMILES string of the molecule is C=CCC(NN)C(OCC)c1ccccc1. The molecule has 1 aromatic rings. The third kappa shape index (κ3) is 3.45. The minimum Gasteiger partial charge on any atom is -0.372 e. The van der Waals surface area contributed by atoms with E-state index in [1.807, 2.05) is 43.3 Å². The molecule has 0 saturated heterocycles. The fraction of sp³-hybridized carbons (Fsp3) is 0.385. The summed E-state index contributed by atoms with van der Waals surface area (Å²) >= 11 is 0. The summed E-state index contributed by atoms with van der Waals surface area (Å²) in [6.07, 6.45) is 2.59. The maximum absolute atomic E-state index is 5.74. The molecule has 0 aliphatic rings. The smallest absolute Gasteiger partial charge is 0.0994 e. The summed E-state index contributed by atoms with van der Waals surface area (Å²) in [5, 5.41) is 0. The number of nitrogens with one attached hydrogen (secondary N) is 1. The van der Waals surface area contributed by atoms with Gasteiger partial charge < -0.3 is 4.74 Å². The average Bonchev–Trinajstić information content (AvgIpc) is 2.35. The molecule has 88 valence electrons. The molecule has 16 heavy (non-hydrogen) atoms. The molecule has 3 nitrogen and oxygen atoms in total. The third-order valence-electron chi connectivity index (χ3n) is 2.47. The molecule has 0 fully saturated rings. The second-order valence-corrected chi connectivity index (χ2v) is 3.58. The molecular formula is C13H20N2O. The Bertz CT molecular complexity index is 300. The lowest BCUT2D eigenvalue weighted by atomic mass is 10.00. The van der Waals surface area contributed by atoms with Gasteiger partial charge >= 0.3 is 0 Å². The topological polar surface area (TPSA) is 47.3 Å². The Morgan fingerprint density at radius 1 is 1.44 bits per heavy atom. The normalized spacial score (nSPS) is 14.4. The molecule has 1 aromatic carbocycles. The van der Waals surface area contributed by atoms with E-state index in [2.05, 4.69) is 12.0 Å². The zero-order valence-corrected chi connectivity index (χ0v) is 9.73. The number of benzene rings is 1. The van der Waals surface area contributed by atoms with E-state index in [0.29, 0.717) is 6.61 Å². The molecule has 0 spiro atoms. The molecule has 3 heteroatoms. The number of rotatable bonds is 7. The van der Waals surface area contributed by atoms with E-state index in [0.717, 1.165) is 12.0 Å². The van der Waals surface area contributed by atoms with Crippen LogP contribution in [0.25, 0.3) is 0 Å². The second kappa shape index (κ2) is 7.17. The highest BCUT2D eigenvalue weighted by molar-refractivity contribution is 5.19. The molecule has 0 radical (unpaired) electrons. The van der Waals surface area contributed by atoms with Crippen molar-refractivity contribution in [2.24, 2.45) is 5.84 Å². The van der Waals surface area contributed by atoms with Crippen molar-refractivity contribution in [2.45, 2.75) is 25.5 Å². The summed E-state index contributed by atoms with van der Waals surface area (Å²) < 4.78 is 5.74. The fourth-order valence-electron chi connectivity index (χ4n) is 1.73. The van der Waals surface area contributed by atoms with Gasteiger partial charge in [0.15, 0.2) is 0 Å². The van der Waals surface area contributed by atoms with Crippen LogP contribution in [0.3, 0.4) is 0 Å². The minimum atomic E-state index is -0.0331. The highest BCUT2D eigenvalue weighted by atomic mass is 16.5. The van der Waals surface area contributed by atoms with Crippen molar-refractivity contribution in [1.29, 1.82) is 0 Å². The van der Waals surface area contributed by atoms with Crippen LogP contribution in [0, 0.1) is 0 Å². The maximum Gasteiger partial charge on any atom is 0.0994 e. The maximum atomic E-state index is 5.74. The van der Waals surface area contributed by atoms with Gasteiger partial charge in [-0.2, -0.15) is 0 Å². The molecule has 0 aliphatic carbocycles. The number of ether oxygens (including phenoxy) is 1. The first-order valence-corrected chi connectivity index (χ1v) is 5.57. The molecule has 2 atom stereocenters. The van der Waals surface area contributed by atoms with Crippen LogP contribution in [-0.2, 0) is 4.74 Å². The van der Waals surface area contributed by atoms with E-state index in [1.165, 1.54) is 0 Å². The Morgan fingerprint density at radius 2 is 2.12 bits per heavy atom. The summed E-state index contributed by atoms with van der Waals surface area (Å²) in [6, 6.07) is 10.2. The second-order valence-electron chi connectivity index (χ2n) is 3.58. The minimum absolute atomic E-state index is 0.0331. The van der Waals surface area contributed by atoms with Crippen molar-refractivity contribution >= 4 is 0 Å². The van der Waals surface area contributed by atoms with Crippen LogP contribution in [0.15, 0.2) is 43.0 Å². The van der Waals surface area contributed by atoms with E-state index in [-0.39, 0.29) is 12.1 Å². The van der Waals surface area contributed by atoms with Gasteiger partial charge in [-0.1, -0.05) is 36.4 Å². The van der Waals surface area contributed by atoms with Crippen molar-refractivity contribution in [3.8, 4) is 0 Å². The molecule has 0 amide bonds. The quantitative estimate of drug-likeness (QED) is 0.420. The molecule has 3 N–H and O–H groups in total. The molecule has 0 heterocycles. The standard InChI is InChI=1S/C13H20N2O/c1-3-8-12(15-14)13(16-4-2)11-9-6-5-7-10-11/h3,5-7,9-10,12-13,15H,1,4,8,14H2,2H3. The Hall–Kier alpha value is -1.16. The lowest BCUT2D eigenvalue weighted by Crippen LogP contribution is -2.40. The zero-order chi connectivity index (χ0) is 11.8. The summed E-state index contributed by atoms with van der Waals surface area (Å²) in [6.45, 7) is 6.38. The molecular weight excluding hydrogens is 200 g/mol. The Morgan fingerprint density at radius 3 is 2.62 bits per heavy atom. The Balaban J connectivity index is 2.84. The van der Waals surface area contributed by atoms with E-state index in [1.54, 1.807) is 0 Å². The lowest BCUT2D eigenvalue weighted by Gasteiger charge is -2.26. The van der Waals surface area contributed by atoms with Gasteiger partial charge in [-0.15, -0.1) is 6.58 Å². The number of nitrogens with two attached hydrogens (primary N) is 1. The summed E-state index contributed by atoms with van der Waals surface area (Å²) in [5.74, 6) is 5.55. The Kier molecular flexibility index (Phi) is 5.78. The van der Waals surface area contributed by atoms with Gasteiger partial charge in [0.25, 0.3) is 0 Å². The number of hydrogen-bond donors (Lipinski definition) is 2. The van der Waals surface area contributed by atoms with Gasteiger partial charge in [0.05, 0.1) is 12.1 Å². The van der Waals surface area contributed by atoms with Crippen molar-refractivity contribution < 1.29 is 4.74 Å². The lowest BCUT2D eigenvalue weighted by molar-refractivity contribution is 0.0339. The van der Waals surface area contributed by atoms with E-state index in [4.69, 9.17) is 10.6 Å². The van der Waals surface area contributed by atoms with Crippen LogP contribution in [0.5, 0.6) is 0 Å². The molecule has 0 bridgehead atoms. The van der Waals surface area contributed by atoms with Crippen LogP contribution < -0.4 is 11.3 Å². The predicted molar refractivity (Wildman–Crippen MR) is 66.7 cm³/mol. The summed E-state index contributed by atoms with van der Waals surface area (Å²) in [5.41, 5.74) is 3.92. The predicted octanol–water partition coefficient (Wildman–Crippen LogP) is 2.17.